The predicted octanol–water partition coefficient (Wildman–Crippen LogP) is 1.81. The molecule has 0 aliphatic heterocycles. The minimum absolute atomic E-state index is 0.0783. The first-order chi connectivity index (χ1) is 12.0. The molecule has 7 heteroatoms. The Bertz CT molecular complexity index is 749. The molecule has 0 aliphatic carbocycles. The highest BCUT2D eigenvalue weighted by Crippen LogP contribution is 2.18. The average Bonchev–Trinajstić information content (AvgIpc) is 2.59. The third-order valence-electron chi connectivity index (χ3n) is 3.67. The van der Waals surface area contributed by atoms with Crippen molar-refractivity contribution in [2.45, 2.75) is 25.9 Å². The number of ether oxygens (including phenoxy) is 1. The number of aryl methyl sites for hydroxylation is 1. The molecule has 0 radical (unpaired) electrons. The maximum absolute atomic E-state index is 12.3. The van der Waals surface area contributed by atoms with Crippen LogP contribution < -0.4 is 21.1 Å². The third kappa shape index (κ3) is 5.49. The molecular weight excluding hydrogens is 320 g/mol. The van der Waals surface area contributed by atoms with Gasteiger partial charge in [0, 0.05) is 18.3 Å². The monoisotopic (exact) mass is 342 g/mol. The number of rotatable bonds is 7. The number of carbonyl (C=O) groups is 2. The summed E-state index contributed by atoms with van der Waals surface area (Å²) in [7, 11) is 1.53. The molecule has 132 valence electrons. The highest BCUT2D eigenvalue weighted by Gasteiger charge is 2.18. The number of amides is 3. The minimum Gasteiger partial charge on any atom is -0.481 e. The van der Waals surface area contributed by atoms with E-state index >= 15 is 0 Å². The van der Waals surface area contributed by atoms with Crippen LogP contribution in [0.5, 0.6) is 5.88 Å². The average molecular weight is 342 g/mol. The lowest BCUT2D eigenvalue weighted by molar-refractivity contribution is -0.121. The summed E-state index contributed by atoms with van der Waals surface area (Å²) in [6.07, 6.45) is 1.70. The van der Waals surface area contributed by atoms with Gasteiger partial charge in [-0.1, -0.05) is 35.9 Å². The Labute approximate surface area is 146 Å². The van der Waals surface area contributed by atoms with Gasteiger partial charge in [-0.15, -0.1) is 0 Å². The van der Waals surface area contributed by atoms with Gasteiger partial charge in [-0.25, -0.2) is 9.78 Å². The summed E-state index contributed by atoms with van der Waals surface area (Å²) in [6.45, 7) is 2.23. The molecule has 2 rings (SSSR count). The number of benzene rings is 1. The first kappa shape index (κ1) is 18.3. The number of nitrogens with two attached hydrogens (primary N) is 1. The number of carbonyl (C=O) groups excluding carboxylic acids is 2. The zero-order chi connectivity index (χ0) is 18.2. The highest BCUT2D eigenvalue weighted by atomic mass is 16.5. The van der Waals surface area contributed by atoms with Crippen LogP contribution in [0.15, 0.2) is 42.6 Å². The lowest BCUT2D eigenvalue weighted by Crippen LogP contribution is -2.36. The predicted molar refractivity (Wildman–Crippen MR) is 93.9 cm³/mol. The van der Waals surface area contributed by atoms with Gasteiger partial charge in [-0.2, -0.15) is 0 Å². The molecule has 0 aliphatic rings. The first-order valence-corrected chi connectivity index (χ1v) is 7.86. The Hall–Kier alpha value is -3.09. The molecule has 0 unspecified atom stereocenters. The lowest BCUT2D eigenvalue weighted by Gasteiger charge is -2.18. The summed E-state index contributed by atoms with van der Waals surface area (Å²) in [5, 5.41) is 5.43. The smallest absolute Gasteiger partial charge is 0.312 e. The molecule has 1 heterocycles. The fraction of sp³-hybridized carbons (Fsp3) is 0.278. The number of pyridine rings is 1. The van der Waals surface area contributed by atoms with Crippen LogP contribution in [0.1, 0.15) is 29.2 Å². The number of primary amides is 1. The van der Waals surface area contributed by atoms with Crippen molar-refractivity contribution in [1.29, 1.82) is 0 Å². The fourth-order valence-electron chi connectivity index (χ4n) is 2.50. The van der Waals surface area contributed by atoms with E-state index in [1.807, 2.05) is 37.3 Å². The van der Waals surface area contributed by atoms with Crippen molar-refractivity contribution in [3.63, 3.8) is 0 Å². The Balaban J connectivity index is 2.03. The van der Waals surface area contributed by atoms with E-state index in [4.69, 9.17) is 10.5 Å². The van der Waals surface area contributed by atoms with E-state index in [1.54, 1.807) is 12.3 Å². The molecule has 0 spiro atoms. The number of hydrogen-bond donors (Lipinski definition) is 3. The van der Waals surface area contributed by atoms with Crippen molar-refractivity contribution in [1.82, 2.24) is 15.6 Å². The molecule has 0 saturated carbocycles. The van der Waals surface area contributed by atoms with Crippen LogP contribution in [0.2, 0.25) is 0 Å². The number of nitrogens with zero attached hydrogens (tertiary/aromatic N) is 1. The zero-order valence-electron chi connectivity index (χ0n) is 14.3. The molecule has 2 aromatic rings. The van der Waals surface area contributed by atoms with Crippen molar-refractivity contribution < 1.29 is 14.3 Å². The summed E-state index contributed by atoms with van der Waals surface area (Å²) in [6, 6.07) is 10.0. The van der Waals surface area contributed by atoms with Gasteiger partial charge < -0.3 is 21.1 Å². The normalized spacial score (nSPS) is 11.4. The molecule has 0 bridgehead atoms. The van der Waals surface area contributed by atoms with E-state index in [0.717, 1.165) is 16.7 Å². The number of hydrogen-bond acceptors (Lipinski definition) is 4. The zero-order valence-corrected chi connectivity index (χ0v) is 14.3. The second-order valence-corrected chi connectivity index (χ2v) is 5.63. The molecule has 0 saturated heterocycles. The van der Waals surface area contributed by atoms with Gasteiger partial charge in [0.15, 0.2) is 0 Å². The van der Waals surface area contributed by atoms with E-state index in [2.05, 4.69) is 15.6 Å². The molecular formula is C18H22N4O3. The largest absolute Gasteiger partial charge is 0.481 e. The Morgan fingerprint density at radius 2 is 2.08 bits per heavy atom. The first-order valence-electron chi connectivity index (χ1n) is 7.86. The minimum atomic E-state index is -0.673. The lowest BCUT2D eigenvalue weighted by atomic mass is 10.0. The third-order valence-corrected chi connectivity index (χ3v) is 3.67. The fourth-order valence-corrected chi connectivity index (χ4v) is 2.50. The number of urea groups is 1. The summed E-state index contributed by atoms with van der Waals surface area (Å²) in [5.41, 5.74) is 7.88. The van der Waals surface area contributed by atoms with E-state index in [1.165, 1.54) is 7.11 Å². The van der Waals surface area contributed by atoms with Crippen molar-refractivity contribution in [3.05, 3.63) is 59.3 Å². The van der Waals surface area contributed by atoms with Gasteiger partial charge in [0.25, 0.3) is 0 Å². The van der Waals surface area contributed by atoms with Gasteiger partial charge in [0.1, 0.15) is 0 Å². The molecule has 1 aromatic heterocycles. The molecule has 0 fully saturated rings. The number of aromatic nitrogens is 1. The van der Waals surface area contributed by atoms with Crippen LogP contribution in [0.25, 0.3) is 0 Å². The van der Waals surface area contributed by atoms with Crippen molar-refractivity contribution in [2.24, 2.45) is 5.73 Å². The number of nitrogens with one attached hydrogen (secondary N) is 2. The summed E-state index contributed by atoms with van der Waals surface area (Å²) in [4.78, 5) is 27.7. The van der Waals surface area contributed by atoms with Crippen molar-refractivity contribution >= 4 is 11.9 Å². The van der Waals surface area contributed by atoms with Gasteiger partial charge in [0.05, 0.1) is 19.6 Å². The Kier molecular flexibility index (Phi) is 6.33. The van der Waals surface area contributed by atoms with E-state index in [0.29, 0.717) is 5.88 Å². The topological polar surface area (TPSA) is 106 Å². The van der Waals surface area contributed by atoms with Crippen molar-refractivity contribution in [3.8, 4) is 5.88 Å². The van der Waals surface area contributed by atoms with Gasteiger partial charge >= 0.3 is 6.03 Å². The van der Waals surface area contributed by atoms with Gasteiger partial charge in [-0.3, -0.25) is 4.79 Å². The molecule has 1 atom stereocenters. The summed E-state index contributed by atoms with van der Waals surface area (Å²) >= 11 is 0. The van der Waals surface area contributed by atoms with Gasteiger partial charge in [-0.05, 0) is 18.6 Å². The van der Waals surface area contributed by atoms with Crippen LogP contribution in [-0.4, -0.2) is 24.0 Å². The summed E-state index contributed by atoms with van der Waals surface area (Å²) in [5.74, 6) is 0.249. The van der Waals surface area contributed by atoms with Crippen LogP contribution in [0.3, 0.4) is 0 Å². The van der Waals surface area contributed by atoms with Crippen LogP contribution in [-0.2, 0) is 11.3 Å². The quantitative estimate of drug-likeness (QED) is 0.713. The Morgan fingerprint density at radius 3 is 2.76 bits per heavy atom. The second kappa shape index (κ2) is 8.68. The maximum atomic E-state index is 12.3. The van der Waals surface area contributed by atoms with Crippen LogP contribution >= 0.6 is 0 Å². The molecule has 25 heavy (non-hydrogen) atoms. The molecule has 3 amide bonds. The Morgan fingerprint density at radius 1 is 1.28 bits per heavy atom. The molecule has 7 nitrogen and oxygen atoms in total. The van der Waals surface area contributed by atoms with Crippen molar-refractivity contribution in [2.75, 3.05) is 7.11 Å². The van der Waals surface area contributed by atoms with Gasteiger partial charge in [0.2, 0.25) is 11.8 Å². The molecule has 1 aromatic carbocycles. The van der Waals surface area contributed by atoms with E-state index in [9.17, 15) is 9.59 Å². The number of methoxy groups -OCH3 is 1. The van der Waals surface area contributed by atoms with E-state index < -0.39 is 12.1 Å². The van der Waals surface area contributed by atoms with Crippen LogP contribution in [0, 0.1) is 6.92 Å². The van der Waals surface area contributed by atoms with E-state index in [-0.39, 0.29) is 18.9 Å². The molecule has 4 N–H and O–H groups in total. The SMILES string of the molecule is COc1ncccc1CNC(=O)C[C@@H](NC(N)=O)c1cccc(C)c1. The highest BCUT2D eigenvalue weighted by molar-refractivity contribution is 5.78. The second-order valence-electron chi connectivity index (χ2n) is 5.63. The maximum Gasteiger partial charge on any atom is 0.312 e. The summed E-state index contributed by atoms with van der Waals surface area (Å²) < 4.78 is 5.16. The standard InChI is InChI=1S/C18H22N4O3/c1-12-5-3-6-13(9-12)15(22-18(19)24)10-16(23)21-11-14-7-4-8-20-17(14)25-2/h3-9,15H,10-11H2,1-2H3,(H,21,23)(H3,19,22,24)/t15-/m1/s1. The van der Waals surface area contributed by atoms with Crippen LogP contribution in [0.4, 0.5) is 4.79 Å².